The van der Waals surface area contributed by atoms with Gasteiger partial charge in [0.05, 0.1) is 6.10 Å². The highest BCUT2D eigenvalue weighted by Crippen LogP contribution is 2.18. The second-order valence-electron chi connectivity index (χ2n) is 2.89. The SMILES string of the molecule is CSc1nc(NN)cc(OC(C)C)n1. The van der Waals surface area contributed by atoms with E-state index in [1.54, 1.807) is 6.07 Å². The Labute approximate surface area is 87.4 Å². The average molecular weight is 214 g/mol. The van der Waals surface area contributed by atoms with Gasteiger partial charge in [-0.3, -0.25) is 0 Å². The molecule has 0 atom stereocenters. The Morgan fingerprint density at radius 1 is 1.50 bits per heavy atom. The van der Waals surface area contributed by atoms with Crippen molar-refractivity contribution in [2.75, 3.05) is 11.7 Å². The molecule has 0 saturated carbocycles. The summed E-state index contributed by atoms with van der Waals surface area (Å²) < 4.78 is 5.44. The van der Waals surface area contributed by atoms with Crippen molar-refractivity contribution in [1.82, 2.24) is 9.97 Å². The lowest BCUT2D eigenvalue weighted by Crippen LogP contribution is -2.12. The summed E-state index contributed by atoms with van der Waals surface area (Å²) in [5.74, 6) is 6.36. The first-order chi connectivity index (χ1) is 6.65. The molecule has 6 heteroatoms. The van der Waals surface area contributed by atoms with Gasteiger partial charge in [0.2, 0.25) is 5.88 Å². The number of nitrogen functional groups attached to an aromatic ring is 1. The largest absolute Gasteiger partial charge is 0.475 e. The summed E-state index contributed by atoms with van der Waals surface area (Å²) in [6, 6.07) is 1.67. The average Bonchev–Trinajstić information content (AvgIpc) is 2.16. The molecule has 14 heavy (non-hydrogen) atoms. The summed E-state index contributed by atoms with van der Waals surface area (Å²) in [6.45, 7) is 3.88. The van der Waals surface area contributed by atoms with E-state index in [0.29, 0.717) is 16.9 Å². The van der Waals surface area contributed by atoms with E-state index < -0.39 is 0 Å². The van der Waals surface area contributed by atoms with E-state index in [1.165, 1.54) is 11.8 Å². The van der Waals surface area contributed by atoms with E-state index >= 15 is 0 Å². The van der Waals surface area contributed by atoms with Crippen LogP contribution in [-0.4, -0.2) is 22.3 Å². The standard InChI is InChI=1S/C8H14N4OS/c1-5(2)13-7-4-6(12-9)10-8(11-7)14-3/h4-5H,9H2,1-3H3,(H,10,11,12). The number of ether oxygens (including phenoxy) is 1. The minimum atomic E-state index is 0.0882. The van der Waals surface area contributed by atoms with Crippen molar-refractivity contribution < 1.29 is 4.74 Å². The maximum Gasteiger partial charge on any atom is 0.219 e. The number of hydrogen-bond acceptors (Lipinski definition) is 6. The summed E-state index contributed by atoms with van der Waals surface area (Å²) in [5.41, 5.74) is 2.47. The molecular formula is C8H14N4OS. The molecule has 3 N–H and O–H groups in total. The summed E-state index contributed by atoms with van der Waals surface area (Å²) in [6.07, 6.45) is 1.99. The summed E-state index contributed by atoms with van der Waals surface area (Å²) in [5, 5.41) is 0.635. The zero-order chi connectivity index (χ0) is 10.6. The fraction of sp³-hybridized carbons (Fsp3) is 0.500. The lowest BCUT2D eigenvalue weighted by Gasteiger charge is -2.10. The van der Waals surface area contributed by atoms with Crippen LogP contribution < -0.4 is 16.0 Å². The maximum absolute atomic E-state index is 5.44. The normalized spacial score (nSPS) is 10.4. The molecule has 0 aliphatic heterocycles. The Morgan fingerprint density at radius 3 is 2.71 bits per heavy atom. The minimum absolute atomic E-state index is 0.0882. The van der Waals surface area contributed by atoms with Crippen molar-refractivity contribution in [2.45, 2.75) is 25.1 Å². The molecule has 0 amide bonds. The van der Waals surface area contributed by atoms with Crippen LogP contribution in [0, 0.1) is 0 Å². The van der Waals surface area contributed by atoms with Gasteiger partial charge in [-0.2, -0.15) is 4.98 Å². The van der Waals surface area contributed by atoms with Gasteiger partial charge in [-0.25, -0.2) is 10.8 Å². The molecule has 1 rings (SSSR count). The molecule has 1 aromatic rings. The molecule has 1 heterocycles. The van der Waals surface area contributed by atoms with Crippen molar-refractivity contribution in [3.63, 3.8) is 0 Å². The van der Waals surface area contributed by atoms with Gasteiger partial charge in [0.25, 0.3) is 0 Å². The molecule has 0 aliphatic rings. The van der Waals surface area contributed by atoms with E-state index in [1.807, 2.05) is 20.1 Å². The van der Waals surface area contributed by atoms with Gasteiger partial charge in [-0.05, 0) is 20.1 Å². The van der Waals surface area contributed by atoms with Crippen LogP contribution in [0.1, 0.15) is 13.8 Å². The number of rotatable bonds is 4. The Balaban J connectivity index is 2.92. The molecule has 1 aromatic heterocycles. The number of thioether (sulfide) groups is 1. The highest BCUT2D eigenvalue weighted by molar-refractivity contribution is 7.98. The van der Waals surface area contributed by atoms with Crippen LogP contribution in [0.2, 0.25) is 0 Å². The Bertz CT molecular complexity index is 283. The second-order valence-corrected chi connectivity index (χ2v) is 3.66. The Kier molecular flexibility index (Phi) is 3.97. The van der Waals surface area contributed by atoms with Gasteiger partial charge >= 0.3 is 0 Å². The smallest absolute Gasteiger partial charge is 0.219 e. The van der Waals surface area contributed by atoms with Gasteiger partial charge in [0.1, 0.15) is 5.82 Å². The van der Waals surface area contributed by atoms with Crippen molar-refractivity contribution in [2.24, 2.45) is 5.84 Å². The predicted octanol–water partition coefficient (Wildman–Crippen LogP) is 1.27. The lowest BCUT2D eigenvalue weighted by molar-refractivity contribution is 0.230. The quantitative estimate of drug-likeness (QED) is 0.340. The topological polar surface area (TPSA) is 73.1 Å². The molecule has 0 aromatic carbocycles. The number of aromatic nitrogens is 2. The molecule has 0 bridgehead atoms. The van der Waals surface area contributed by atoms with Crippen LogP contribution in [-0.2, 0) is 0 Å². The number of hydrogen-bond donors (Lipinski definition) is 2. The van der Waals surface area contributed by atoms with Crippen molar-refractivity contribution >= 4 is 17.6 Å². The third kappa shape index (κ3) is 3.04. The van der Waals surface area contributed by atoms with Crippen LogP contribution >= 0.6 is 11.8 Å². The highest BCUT2D eigenvalue weighted by atomic mass is 32.2. The summed E-state index contributed by atoms with van der Waals surface area (Å²) >= 11 is 1.44. The number of nitrogens with two attached hydrogens (primary N) is 1. The van der Waals surface area contributed by atoms with Crippen LogP contribution in [0.3, 0.4) is 0 Å². The van der Waals surface area contributed by atoms with E-state index in [2.05, 4.69) is 15.4 Å². The third-order valence-corrected chi connectivity index (χ3v) is 1.92. The fourth-order valence-electron chi connectivity index (χ4n) is 0.871. The first-order valence-corrected chi connectivity index (χ1v) is 5.44. The molecule has 78 valence electrons. The third-order valence-electron chi connectivity index (χ3n) is 1.37. The highest BCUT2D eigenvalue weighted by Gasteiger charge is 2.05. The van der Waals surface area contributed by atoms with Gasteiger partial charge in [0.15, 0.2) is 5.16 Å². The van der Waals surface area contributed by atoms with E-state index in [-0.39, 0.29) is 6.10 Å². The van der Waals surface area contributed by atoms with E-state index in [9.17, 15) is 0 Å². The van der Waals surface area contributed by atoms with Crippen LogP contribution in [0.25, 0.3) is 0 Å². The zero-order valence-corrected chi connectivity index (χ0v) is 9.26. The predicted molar refractivity (Wildman–Crippen MR) is 57.4 cm³/mol. The number of nitrogens with one attached hydrogen (secondary N) is 1. The first kappa shape index (κ1) is 11.1. The second kappa shape index (κ2) is 5.02. The van der Waals surface area contributed by atoms with E-state index in [4.69, 9.17) is 10.6 Å². The molecule has 0 fully saturated rings. The zero-order valence-electron chi connectivity index (χ0n) is 8.44. The van der Waals surface area contributed by atoms with Crippen molar-refractivity contribution in [3.8, 4) is 5.88 Å². The van der Waals surface area contributed by atoms with Crippen molar-refractivity contribution in [3.05, 3.63) is 6.07 Å². The number of anilines is 1. The van der Waals surface area contributed by atoms with Crippen molar-refractivity contribution in [1.29, 1.82) is 0 Å². The molecule has 5 nitrogen and oxygen atoms in total. The maximum atomic E-state index is 5.44. The Hall–Kier alpha value is -1.01. The number of hydrazine groups is 1. The monoisotopic (exact) mass is 214 g/mol. The van der Waals surface area contributed by atoms with Crippen LogP contribution in [0.15, 0.2) is 11.2 Å². The molecule has 0 radical (unpaired) electrons. The van der Waals surface area contributed by atoms with Gasteiger partial charge in [-0.1, -0.05) is 11.8 Å². The van der Waals surface area contributed by atoms with Crippen LogP contribution in [0.4, 0.5) is 5.82 Å². The van der Waals surface area contributed by atoms with Gasteiger partial charge in [0, 0.05) is 6.07 Å². The van der Waals surface area contributed by atoms with E-state index in [0.717, 1.165) is 0 Å². The van der Waals surface area contributed by atoms with Gasteiger partial charge in [-0.15, -0.1) is 0 Å². The fourth-order valence-corrected chi connectivity index (χ4v) is 1.24. The molecule has 0 saturated heterocycles. The molecule has 0 aliphatic carbocycles. The minimum Gasteiger partial charge on any atom is -0.475 e. The molecule has 0 spiro atoms. The number of nitrogens with zero attached hydrogens (tertiary/aromatic N) is 2. The molecular weight excluding hydrogens is 200 g/mol. The Morgan fingerprint density at radius 2 is 2.21 bits per heavy atom. The summed E-state index contributed by atoms with van der Waals surface area (Å²) in [7, 11) is 0. The lowest BCUT2D eigenvalue weighted by atomic mass is 10.5. The van der Waals surface area contributed by atoms with Gasteiger partial charge < -0.3 is 10.2 Å². The summed E-state index contributed by atoms with van der Waals surface area (Å²) in [4.78, 5) is 8.29. The first-order valence-electron chi connectivity index (χ1n) is 4.22. The molecule has 0 unspecified atom stereocenters. The van der Waals surface area contributed by atoms with Crippen LogP contribution in [0.5, 0.6) is 5.88 Å².